The Morgan fingerprint density at radius 1 is 1.42 bits per heavy atom. The average Bonchev–Trinajstić information content (AvgIpc) is 2.80. The van der Waals surface area contributed by atoms with Gasteiger partial charge < -0.3 is 5.32 Å². The van der Waals surface area contributed by atoms with Gasteiger partial charge in [0.25, 0.3) is 5.56 Å². The molecule has 0 saturated carbocycles. The topological polar surface area (TPSA) is 62.2 Å². The van der Waals surface area contributed by atoms with E-state index in [1.165, 1.54) is 17.4 Å². The summed E-state index contributed by atoms with van der Waals surface area (Å²) >= 11 is 0. The monoisotopic (exact) mass is 260 g/mol. The maximum Gasteiger partial charge on any atom is 0.272 e. The second kappa shape index (κ2) is 5.17. The molecule has 0 atom stereocenters. The van der Waals surface area contributed by atoms with Crippen LogP contribution in [0.15, 0.2) is 17.1 Å². The van der Waals surface area contributed by atoms with Crippen LogP contribution in [0.1, 0.15) is 30.5 Å². The summed E-state index contributed by atoms with van der Waals surface area (Å²) in [7, 11) is 0. The maximum absolute atomic E-state index is 11.9. The van der Waals surface area contributed by atoms with Crippen LogP contribution in [0.3, 0.4) is 0 Å². The van der Waals surface area contributed by atoms with Crippen molar-refractivity contribution in [2.24, 2.45) is 5.92 Å². The van der Waals surface area contributed by atoms with Gasteiger partial charge in [0.15, 0.2) is 5.65 Å². The molecule has 2 N–H and O–H groups in total. The van der Waals surface area contributed by atoms with Crippen LogP contribution < -0.4 is 10.9 Å². The number of nitrogens with zero attached hydrogens (tertiary/aromatic N) is 2. The average molecular weight is 260 g/mol. The van der Waals surface area contributed by atoms with Crippen molar-refractivity contribution in [1.29, 1.82) is 0 Å². The van der Waals surface area contributed by atoms with Crippen molar-refractivity contribution in [2.45, 2.75) is 32.6 Å². The summed E-state index contributed by atoms with van der Waals surface area (Å²) in [4.78, 5) is 16.5. The first-order valence-electron chi connectivity index (χ1n) is 7.01. The van der Waals surface area contributed by atoms with Crippen LogP contribution in [0, 0.1) is 12.8 Å². The Kier molecular flexibility index (Phi) is 3.38. The zero-order valence-corrected chi connectivity index (χ0v) is 11.3. The van der Waals surface area contributed by atoms with Crippen LogP contribution >= 0.6 is 0 Å². The predicted molar refractivity (Wildman–Crippen MR) is 74.5 cm³/mol. The van der Waals surface area contributed by atoms with E-state index in [4.69, 9.17) is 0 Å². The highest BCUT2D eigenvalue weighted by atomic mass is 16.1. The number of aryl methyl sites for hydroxylation is 2. The van der Waals surface area contributed by atoms with Gasteiger partial charge in [-0.15, -0.1) is 0 Å². The molecule has 0 aromatic carbocycles. The van der Waals surface area contributed by atoms with Crippen molar-refractivity contribution in [3.8, 4) is 0 Å². The molecule has 0 amide bonds. The van der Waals surface area contributed by atoms with Gasteiger partial charge in [0.05, 0.1) is 0 Å². The molecule has 2 aromatic heterocycles. The predicted octanol–water partition coefficient (Wildman–Crippen LogP) is 1.26. The summed E-state index contributed by atoms with van der Waals surface area (Å²) in [6, 6.07) is 1.66. The fourth-order valence-corrected chi connectivity index (χ4v) is 2.80. The van der Waals surface area contributed by atoms with Gasteiger partial charge in [-0.3, -0.25) is 9.89 Å². The molecule has 3 heterocycles. The highest BCUT2D eigenvalue weighted by Gasteiger charge is 2.14. The SMILES string of the molecule is Cc1c[nH]n2c(=O)cc(CCC3CCNCC3)nc12. The number of H-pyrrole nitrogens is 1. The molecule has 0 radical (unpaired) electrons. The smallest absolute Gasteiger partial charge is 0.272 e. The second-order valence-corrected chi connectivity index (χ2v) is 5.43. The fraction of sp³-hybridized carbons (Fsp3) is 0.571. The highest BCUT2D eigenvalue weighted by Crippen LogP contribution is 2.18. The van der Waals surface area contributed by atoms with E-state index in [9.17, 15) is 4.79 Å². The number of fused-ring (bicyclic) bond motifs is 1. The van der Waals surface area contributed by atoms with E-state index in [2.05, 4.69) is 15.4 Å². The number of aromatic nitrogens is 3. The van der Waals surface area contributed by atoms with Crippen LogP contribution in [-0.4, -0.2) is 27.7 Å². The van der Waals surface area contributed by atoms with E-state index in [1.807, 2.05) is 13.1 Å². The fourth-order valence-electron chi connectivity index (χ4n) is 2.80. The van der Waals surface area contributed by atoms with Crippen LogP contribution in [0.5, 0.6) is 0 Å². The van der Waals surface area contributed by atoms with Gasteiger partial charge in [-0.05, 0) is 51.6 Å². The Bertz CT molecular complexity index is 622. The van der Waals surface area contributed by atoms with Gasteiger partial charge in [0.1, 0.15) is 0 Å². The Labute approximate surface area is 112 Å². The number of hydrogen-bond donors (Lipinski definition) is 2. The Hall–Kier alpha value is -1.62. The molecule has 5 heteroatoms. The first kappa shape index (κ1) is 12.4. The maximum atomic E-state index is 11.9. The van der Waals surface area contributed by atoms with Gasteiger partial charge >= 0.3 is 0 Å². The van der Waals surface area contributed by atoms with Crippen molar-refractivity contribution in [1.82, 2.24) is 19.9 Å². The lowest BCUT2D eigenvalue weighted by Gasteiger charge is -2.22. The van der Waals surface area contributed by atoms with Crippen molar-refractivity contribution in [3.63, 3.8) is 0 Å². The third-order valence-electron chi connectivity index (χ3n) is 4.00. The van der Waals surface area contributed by atoms with E-state index in [0.29, 0.717) is 0 Å². The Morgan fingerprint density at radius 2 is 2.21 bits per heavy atom. The number of rotatable bonds is 3. The lowest BCUT2D eigenvalue weighted by molar-refractivity contribution is 0.353. The van der Waals surface area contributed by atoms with Crippen LogP contribution in [-0.2, 0) is 6.42 Å². The molecule has 1 saturated heterocycles. The number of hydrogen-bond acceptors (Lipinski definition) is 3. The largest absolute Gasteiger partial charge is 0.317 e. The molecule has 102 valence electrons. The molecule has 5 nitrogen and oxygen atoms in total. The molecule has 3 rings (SSSR count). The molecule has 1 aliphatic rings. The van der Waals surface area contributed by atoms with E-state index in [-0.39, 0.29) is 5.56 Å². The number of piperidine rings is 1. The summed E-state index contributed by atoms with van der Waals surface area (Å²) in [5.74, 6) is 0.772. The molecule has 2 aromatic rings. The summed E-state index contributed by atoms with van der Waals surface area (Å²) in [5, 5.41) is 6.30. The molecule has 0 bridgehead atoms. The minimum absolute atomic E-state index is 0.0154. The first-order valence-corrected chi connectivity index (χ1v) is 7.01. The summed E-state index contributed by atoms with van der Waals surface area (Å²) < 4.78 is 1.50. The van der Waals surface area contributed by atoms with Crippen LogP contribution in [0.2, 0.25) is 0 Å². The van der Waals surface area contributed by atoms with Crippen LogP contribution in [0.4, 0.5) is 0 Å². The van der Waals surface area contributed by atoms with E-state index in [0.717, 1.165) is 48.8 Å². The Balaban J connectivity index is 1.77. The summed E-state index contributed by atoms with van der Waals surface area (Å²) in [6.45, 7) is 4.21. The second-order valence-electron chi connectivity index (χ2n) is 5.43. The molecule has 1 fully saturated rings. The third kappa shape index (κ3) is 2.56. The minimum Gasteiger partial charge on any atom is -0.317 e. The molecule has 0 spiro atoms. The van der Waals surface area contributed by atoms with Gasteiger partial charge in [-0.25, -0.2) is 9.50 Å². The minimum atomic E-state index is -0.0154. The van der Waals surface area contributed by atoms with Gasteiger partial charge in [-0.2, -0.15) is 0 Å². The van der Waals surface area contributed by atoms with Gasteiger partial charge in [-0.1, -0.05) is 0 Å². The molecule has 0 unspecified atom stereocenters. The number of aromatic amines is 1. The molecule has 1 aliphatic heterocycles. The Morgan fingerprint density at radius 3 is 3.00 bits per heavy atom. The van der Waals surface area contributed by atoms with E-state index < -0.39 is 0 Å². The first-order chi connectivity index (χ1) is 9.24. The van der Waals surface area contributed by atoms with Crippen molar-refractivity contribution in [3.05, 3.63) is 33.9 Å². The quantitative estimate of drug-likeness (QED) is 0.873. The van der Waals surface area contributed by atoms with Crippen molar-refractivity contribution in [2.75, 3.05) is 13.1 Å². The third-order valence-corrected chi connectivity index (χ3v) is 4.00. The summed E-state index contributed by atoms with van der Waals surface area (Å²) in [6.07, 6.45) is 6.34. The lowest BCUT2D eigenvalue weighted by atomic mass is 9.92. The molecular weight excluding hydrogens is 240 g/mol. The highest BCUT2D eigenvalue weighted by molar-refractivity contribution is 5.45. The van der Waals surface area contributed by atoms with Crippen molar-refractivity contribution >= 4 is 5.65 Å². The normalized spacial score (nSPS) is 17.1. The molecule has 19 heavy (non-hydrogen) atoms. The van der Waals surface area contributed by atoms with Gasteiger partial charge in [0.2, 0.25) is 0 Å². The van der Waals surface area contributed by atoms with Gasteiger partial charge in [0, 0.05) is 23.5 Å². The number of nitrogens with one attached hydrogen (secondary N) is 2. The standard InChI is InChI=1S/C14H20N4O/c1-10-9-16-18-13(19)8-12(17-14(10)18)3-2-11-4-6-15-7-5-11/h8-9,11,15-16H,2-7H2,1H3. The van der Waals surface area contributed by atoms with E-state index in [1.54, 1.807) is 6.07 Å². The van der Waals surface area contributed by atoms with Crippen LogP contribution in [0.25, 0.3) is 5.65 Å². The summed E-state index contributed by atoms with van der Waals surface area (Å²) in [5.41, 5.74) is 2.68. The molecular formula is C14H20N4O. The lowest BCUT2D eigenvalue weighted by Crippen LogP contribution is -2.28. The van der Waals surface area contributed by atoms with E-state index >= 15 is 0 Å². The zero-order valence-electron chi connectivity index (χ0n) is 11.3. The molecule has 0 aliphatic carbocycles. The van der Waals surface area contributed by atoms with Crippen molar-refractivity contribution < 1.29 is 0 Å². The zero-order chi connectivity index (χ0) is 13.2.